The lowest BCUT2D eigenvalue weighted by molar-refractivity contribution is -0.128. The van der Waals surface area contributed by atoms with Crippen LogP contribution in [0.3, 0.4) is 0 Å². The summed E-state index contributed by atoms with van der Waals surface area (Å²) in [4.78, 5) is 12.5. The van der Waals surface area contributed by atoms with Crippen LogP contribution in [0.4, 0.5) is 0 Å². The molecule has 1 aromatic rings. The SMILES string of the molecule is CC(C)C(O)C(=O)Cc1cc(Br)cs1. The van der Waals surface area contributed by atoms with Crippen molar-refractivity contribution in [2.45, 2.75) is 26.4 Å². The quantitative estimate of drug-likeness (QED) is 0.918. The van der Waals surface area contributed by atoms with Gasteiger partial charge in [-0.25, -0.2) is 0 Å². The Morgan fingerprint density at radius 1 is 1.64 bits per heavy atom. The van der Waals surface area contributed by atoms with Crippen molar-refractivity contribution in [1.29, 1.82) is 0 Å². The highest BCUT2D eigenvalue weighted by molar-refractivity contribution is 9.10. The highest BCUT2D eigenvalue weighted by Crippen LogP contribution is 2.21. The molecule has 0 aliphatic heterocycles. The van der Waals surface area contributed by atoms with E-state index in [1.807, 2.05) is 25.3 Å². The second-order valence-electron chi connectivity index (χ2n) is 3.56. The fraction of sp³-hybridized carbons (Fsp3) is 0.500. The minimum absolute atomic E-state index is 0.00842. The van der Waals surface area contributed by atoms with Crippen LogP contribution in [-0.2, 0) is 11.2 Å². The molecule has 0 saturated heterocycles. The third-order valence-electron chi connectivity index (χ3n) is 1.93. The standard InChI is InChI=1S/C10H13BrO2S/c1-6(2)10(13)9(12)4-8-3-7(11)5-14-8/h3,5-6,10,13H,4H2,1-2H3. The molecule has 0 aromatic carbocycles. The summed E-state index contributed by atoms with van der Waals surface area (Å²) >= 11 is 4.85. The molecule has 0 radical (unpaired) electrons. The molecule has 0 spiro atoms. The summed E-state index contributed by atoms with van der Waals surface area (Å²) in [5, 5.41) is 11.4. The normalized spacial score (nSPS) is 13.2. The lowest BCUT2D eigenvalue weighted by Crippen LogP contribution is -2.27. The number of hydrogen-bond donors (Lipinski definition) is 1. The molecule has 2 nitrogen and oxygen atoms in total. The first-order valence-electron chi connectivity index (χ1n) is 4.44. The molecule has 1 aromatic heterocycles. The lowest BCUT2D eigenvalue weighted by Gasteiger charge is -2.11. The summed E-state index contributed by atoms with van der Waals surface area (Å²) in [5.41, 5.74) is 0. The van der Waals surface area contributed by atoms with Crippen molar-refractivity contribution in [1.82, 2.24) is 0 Å². The zero-order valence-electron chi connectivity index (χ0n) is 8.16. The van der Waals surface area contributed by atoms with Gasteiger partial charge in [-0.1, -0.05) is 13.8 Å². The Morgan fingerprint density at radius 3 is 2.71 bits per heavy atom. The van der Waals surface area contributed by atoms with Gasteiger partial charge in [-0.3, -0.25) is 4.79 Å². The molecule has 78 valence electrons. The van der Waals surface area contributed by atoms with Gasteiger partial charge in [0.15, 0.2) is 5.78 Å². The molecule has 1 N–H and O–H groups in total. The van der Waals surface area contributed by atoms with E-state index in [4.69, 9.17) is 0 Å². The number of aliphatic hydroxyl groups is 1. The molecule has 4 heteroatoms. The van der Waals surface area contributed by atoms with Crippen LogP contribution in [0.25, 0.3) is 0 Å². The molecule has 0 aliphatic carbocycles. The maximum absolute atomic E-state index is 11.5. The summed E-state index contributed by atoms with van der Waals surface area (Å²) in [6.45, 7) is 3.68. The van der Waals surface area contributed by atoms with Gasteiger partial charge < -0.3 is 5.11 Å². The van der Waals surface area contributed by atoms with Crippen molar-refractivity contribution < 1.29 is 9.90 Å². The van der Waals surface area contributed by atoms with Gasteiger partial charge in [0.05, 0.1) is 0 Å². The molecular weight excluding hydrogens is 264 g/mol. The van der Waals surface area contributed by atoms with Crippen molar-refractivity contribution in [3.8, 4) is 0 Å². The first-order chi connectivity index (χ1) is 6.50. The Hall–Kier alpha value is -0.190. The average molecular weight is 277 g/mol. The number of thiophene rings is 1. The summed E-state index contributed by atoms with van der Waals surface area (Å²) < 4.78 is 0.990. The van der Waals surface area contributed by atoms with Gasteiger partial charge in [0.2, 0.25) is 0 Å². The topological polar surface area (TPSA) is 37.3 Å². The van der Waals surface area contributed by atoms with E-state index in [2.05, 4.69) is 15.9 Å². The van der Waals surface area contributed by atoms with Crippen LogP contribution in [0.2, 0.25) is 0 Å². The van der Waals surface area contributed by atoms with Crippen molar-refractivity contribution in [2.24, 2.45) is 5.92 Å². The Morgan fingerprint density at radius 2 is 2.29 bits per heavy atom. The van der Waals surface area contributed by atoms with Gasteiger partial charge in [-0.2, -0.15) is 0 Å². The Balaban J connectivity index is 2.57. The van der Waals surface area contributed by atoms with Crippen molar-refractivity contribution in [3.63, 3.8) is 0 Å². The highest BCUT2D eigenvalue weighted by Gasteiger charge is 2.19. The molecule has 1 heterocycles. The second-order valence-corrected chi connectivity index (χ2v) is 5.47. The second kappa shape index (κ2) is 5.05. The fourth-order valence-corrected chi connectivity index (χ4v) is 2.56. The zero-order chi connectivity index (χ0) is 10.7. The van der Waals surface area contributed by atoms with Crippen LogP contribution in [0.5, 0.6) is 0 Å². The van der Waals surface area contributed by atoms with E-state index < -0.39 is 6.10 Å². The Bertz CT molecular complexity index is 320. The van der Waals surface area contributed by atoms with E-state index in [0.29, 0.717) is 6.42 Å². The summed E-state index contributed by atoms with van der Waals surface area (Å²) in [7, 11) is 0. The van der Waals surface area contributed by atoms with Gasteiger partial charge in [0, 0.05) is 21.2 Å². The fourth-order valence-electron chi connectivity index (χ4n) is 1.09. The zero-order valence-corrected chi connectivity index (χ0v) is 10.6. The van der Waals surface area contributed by atoms with Gasteiger partial charge in [-0.05, 0) is 27.9 Å². The van der Waals surface area contributed by atoms with Crippen molar-refractivity contribution in [3.05, 3.63) is 20.8 Å². The van der Waals surface area contributed by atoms with Crippen LogP contribution in [0.15, 0.2) is 15.9 Å². The smallest absolute Gasteiger partial charge is 0.166 e. The van der Waals surface area contributed by atoms with E-state index >= 15 is 0 Å². The minimum atomic E-state index is -0.837. The highest BCUT2D eigenvalue weighted by atomic mass is 79.9. The molecule has 1 rings (SSSR count). The molecule has 0 bridgehead atoms. The number of carbonyl (C=O) groups excluding carboxylic acids is 1. The monoisotopic (exact) mass is 276 g/mol. The Kier molecular flexibility index (Phi) is 4.29. The lowest BCUT2D eigenvalue weighted by atomic mass is 10.0. The Labute approximate surface area is 96.1 Å². The van der Waals surface area contributed by atoms with Crippen LogP contribution in [-0.4, -0.2) is 17.0 Å². The summed E-state index contributed by atoms with van der Waals surface area (Å²) in [6.07, 6.45) is -0.508. The van der Waals surface area contributed by atoms with Crippen LogP contribution in [0, 0.1) is 5.92 Å². The minimum Gasteiger partial charge on any atom is -0.385 e. The number of halogens is 1. The molecule has 1 unspecified atom stereocenters. The predicted octanol–water partition coefficient (Wildman–Crippen LogP) is 2.64. The summed E-state index contributed by atoms with van der Waals surface area (Å²) in [5.74, 6) is -0.111. The number of ketones is 1. The molecular formula is C10H13BrO2S. The molecule has 1 atom stereocenters. The third-order valence-corrected chi connectivity index (χ3v) is 3.63. The number of aliphatic hydroxyl groups excluding tert-OH is 1. The number of carbonyl (C=O) groups is 1. The van der Waals surface area contributed by atoms with E-state index in [1.54, 1.807) is 0 Å². The maximum Gasteiger partial charge on any atom is 0.166 e. The van der Waals surface area contributed by atoms with Gasteiger partial charge in [0.1, 0.15) is 6.10 Å². The van der Waals surface area contributed by atoms with E-state index in [1.165, 1.54) is 11.3 Å². The van der Waals surface area contributed by atoms with Gasteiger partial charge in [-0.15, -0.1) is 11.3 Å². The number of Topliss-reactive ketones (excluding diaryl/α,β-unsaturated/α-hetero) is 1. The molecule has 0 amide bonds. The molecule has 0 fully saturated rings. The third kappa shape index (κ3) is 3.19. The van der Waals surface area contributed by atoms with Crippen LogP contribution < -0.4 is 0 Å². The first-order valence-corrected chi connectivity index (χ1v) is 6.11. The van der Waals surface area contributed by atoms with Crippen molar-refractivity contribution in [2.75, 3.05) is 0 Å². The number of hydrogen-bond acceptors (Lipinski definition) is 3. The van der Waals surface area contributed by atoms with Gasteiger partial charge >= 0.3 is 0 Å². The summed E-state index contributed by atoms with van der Waals surface area (Å²) in [6, 6.07) is 1.91. The maximum atomic E-state index is 11.5. The molecule has 14 heavy (non-hydrogen) atoms. The van der Waals surface area contributed by atoms with E-state index in [-0.39, 0.29) is 11.7 Å². The van der Waals surface area contributed by atoms with Crippen LogP contribution in [0.1, 0.15) is 18.7 Å². The predicted molar refractivity (Wildman–Crippen MR) is 61.6 cm³/mol. The number of rotatable bonds is 4. The average Bonchev–Trinajstić information content (AvgIpc) is 2.49. The van der Waals surface area contributed by atoms with Crippen molar-refractivity contribution >= 4 is 33.0 Å². The largest absolute Gasteiger partial charge is 0.385 e. The molecule has 0 saturated carbocycles. The van der Waals surface area contributed by atoms with Gasteiger partial charge in [0.25, 0.3) is 0 Å². The van der Waals surface area contributed by atoms with E-state index in [0.717, 1.165) is 9.35 Å². The van der Waals surface area contributed by atoms with Crippen LogP contribution >= 0.6 is 27.3 Å². The molecule has 0 aliphatic rings. The first kappa shape index (κ1) is 11.9. The van der Waals surface area contributed by atoms with E-state index in [9.17, 15) is 9.90 Å².